The second kappa shape index (κ2) is 12.3. The first kappa shape index (κ1) is 33.8. The molecule has 0 saturated heterocycles. The highest BCUT2D eigenvalue weighted by atomic mass is 16.3. The Morgan fingerprint density at radius 1 is 0.692 bits per heavy atom. The molecule has 7 rings (SSSR count). The van der Waals surface area contributed by atoms with E-state index in [4.69, 9.17) is 18.0 Å². The normalized spacial score (nSPS) is 15.8. The number of nitrogens with two attached hydrogens (primary N) is 2. The van der Waals surface area contributed by atoms with E-state index in [0.717, 1.165) is 66.6 Å². The molecule has 0 bridgehead atoms. The number of nitriles is 1. The van der Waals surface area contributed by atoms with Crippen molar-refractivity contribution in [2.75, 3.05) is 82.5 Å². The molecule has 0 radical (unpaired) electrons. The number of aliphatic hydroxyl groups is 1. The van der Waals surface area contributed by atoms with Crippen LogP contribution in [0.5, 0.6) is 0 Å². The molecule has 0 spiro atoms. The summed E-state index contributed by atoms with van der Waals surface area (Å²) >= 11 is 0. The Balaban J connectivity index is 1.76. The van der Waals surface area contributed by atoms with Crippen LogP contribution in [0.25, 0.3) is 37.5 Å². The SMILES string of the molecule is [C-]#[N+]C(C#N)=C1C(c2c3ccccc3c(N(C)C)c3cccc(N)c23)=C(O)/C1=C1\c2cccc(N(C)C)c2C(=[N+](C)C)c2c(N(C)C)ccc(N)c21. The summed E-state index contributed by atoms with van der Waals surface area (Å²) in [5.74, 6) is -0.0242. The Morgan fingerprint density at radius 2 is 1.33 bits per heavy atom. The van der Waals surface area contributed by atoms with Crippen molar-refractivity contribution in [2.24, 2.45) is 0 Å². The summed E-state index contributed by atoms with van der Waals surface area (Å²) in [6.07, 6.45) is 0. The second-order valence-corrected chi connectivity index (χ2v) is 14.0. The number of nitrogen functional groups attached to an aromatic ring is 2. The number of benzene rings is 5. The molecule has 0 fully saturated rings. The van der Waals surface area contributed by atoms with Crippen molar-refractivity contribution in [3.05, 3.63) is 135 Å². The van der Waals surface area contributed by atoms with E-state index in [9.17, 15) is 10.4 Å². The summed E-state index contributed by atoms with van der Waals surface area (Å²) in [6, 6.07) is 25.9. The number of nitrogens with zero attached hydrogens (tertiary/aromatic N) is 6. The smallest absolute Gasteiger partial charge is 0.270 e. The van der Waals surface area contributed by atoms with Gasteiger partial charge in [-0.25, -0.2) is 14.7 Å². The van der Waals surface area contributed by atoms with Crippen LogP contribution in [0.3, 0.4) is 0 Å². The van der Waals surface area contributed by atoms with Crippen LogP contribution in [0, 0.1) is 17.9 Å². The fourth-order valence-electron chi connectivity index (χ4n) is 8.09. The first-order valence-electron chi connectivity index (χ1n) is 16.9. The highest BCUT2D eigenvalue weighted by Gasteiger charge is 2.44. The third-order valence-electron chi connectivity index (χ3n) is 10.1. The number of rotatable bonds is 4. The Bertz CT molecular complexity index is 2600. The predicted molar refractivity (Wildman–Crippen MR) is 216 cm³/mol. The quantitative estimate of drug-likeness (QED) is 0.0589. The summed E-state index contributed by atoms with van der Waals surface area (Å²) in [6.45, 7) is 8.25. The molecule has 5 aromatic rings. The third kappa shape index (κ3) is 4.63. The molecule has 258 valence electrons. The first-order chi connectivity index (χ1) is 24.8. The number of hydrogen-bond donors (Lipinski definition) is 3. The van der Waals surface area contributed by atoms with Crippen LogP contribution < -0.4 is 26.2 Å². The first-order valence-corrected chi connectivity index (χ1v) is 16.9. The molecule has 5 N–H and O–H groups in total. The van der Waals surface area contributed by atoms with E-state index < -0.39 is 0 Å². The lowest BCUT2D eigenvalue weighted by Gasteiger charge is -2.36. The standard InChI is InChI=1S/C43H40N8O/c1-47-29(22-44)37-39(34-23-14-10-11-15-24(23)41(50(6)7)26-17-12-18-27(45)32(26)34)43(52)40(37)35-25-16-13-19-30(48(2)3)33(25)42(51(8)9)38-31(49(4)5)21-20-28(46)36(35)38/h10-21H,45-46H2,2-9H3/p+1. The van der Waals surface area contributed by atoms with E-state index in [1.165, 1.54) is 0 Å². The molecule has 0 saturated carbocycles. The van der Waals surface area contributed by atoms with Crippen LogP contribution in [0.2, 0.25) is 0 Å². The number of allylic oxidation sites excluding steroid dienone is 3. The van der Waals surface area contributed by atoms with Crippen molar-refractivity contribution in [1.29, 1.82) is 5.26 Å². The Morgan fingerprint density at radius 3 is 1.94 bits per heavy atom. The molecule has 9 heteroatoms. The number of fused-ring (bicyclic) bond motifs is 4. The van der Waals surface area contributed by atoms with E-state index in [2.05, 4.69) is 36.3 Å². The predicted octanol–water partition coefficient (Wildman–Crippen LogP) is 7.26. The lowest BCUT2D eigenvalue weighted by molar-refractivity contribution is -0.463. The van der Waals surface area contributed by atoms with Crippen LogP contribution in [0.4, 0.5) is 28.4 Å². The monoisotopic (exact) mass is 685 g/mol. The van der Waals surface area contributed by atoms with Crippen LogP contribution in [-0.4, -0.2) is 71.8 Å². The molecule has 2 aliphatic carbocycles. The fraction of sp³-hybridized carbons (Fsp3) is 0.186. The number of aliphatic hydroxyl groups excluding tert-OH is 1. The van der Waals surface area contributed by atoms with Crippen molar-refractivity contribution in [3.63, 3.8) is 0 Å². The van der Waals surface area contributed by atoms with Crippen molar-refractivity contribution < 1.29 is 9.68 Å². The largest absolute Gasteiger partial charge is 0.507 e. The summed E-state index contributed by atoms with van der Waals surface area (Å²) in [7, 11) is 16.0. The topological polar surface area (TPSA) is 113 Å². The van der Waals surface area contributed by atoms with Crippen molar-refractivity contribution in [1.82, 2.24) is 0 Å². The molecule has 52 heavy (non-hydrogen) atoms. The van der Waals surface area contributed by atoms with Gasteiger partial charge in [-0.1, -0.05) is 48.5 Å². The molecule has 5 aromatic carbocycles. The van der Waals surface area contributed by atoms with Gasteiger partial charge in [0.25, 0.3) is 5.70 Å². The molecule has 0 unspecified atom stereocenters. The van der Waals surface area contributed by atoms with Crippen LogP contribution >= 0.6 is 0 Å². The maximum atomic E-state index is 12.7. The van der Waals surface area contributed by atoms with Crippen LogP contribution in [0.15, 0.2) is 95.4 Å². The van der Waals surface area contributed by atoms with Gasteiger partial charge in [0, 0.05) is 103 Å². The lowest BCUT2D eigenvalue weighted by Crippen LogP contribution is -2.30. The van der Waals surface area contributed by atoms with Gasteiger partial charge >= 0.3 is 0 Å². The van der Waals surface area contributed by atoms with Gasteiger partial charge in [0.05, 0.1) is 40.8 Å². The number of anilines is 5. The van der Waals surface area contributed by atoms with Crippen molar-refractivity contribution >= 4 is 66.8 Å². The second-order valence-electron chi connectivity index (χ2n) is 14.0. The van der Waals surface area contributed by atoms with Crippen molar-refractivity contribution in [3.8, 4) is 6.07 Å². The Kier molecular flexibility index (Phi) is 7.96. The van der Waals surface area contributed by atoms with Crippen LogP contribution in [-0.2, 0) is 0 Å². The van der Waals surface area contributed by atoms with Gasteiger partial charge < -0.3 is 31.3 Å². The molecular weight excluding hydrogens is 645 g/mol. The van der Waals surface area contributed by atoms with Gasteiger partial charge in [-0.05, 0) is 35.2 Å². The lowest BCUT2D eigenvalue weighted by atomic mass is 9.68. The number of hydrogen-bond acceptors (Lipinski definition) is 7. The minimum atomic E-state index is -0.129. The molecule has 0 aromatic heterocycles. The zero-order chi connectivity index (χ0) is 37.3. The highest BCUT2D eigenvalue weighted by Crippen LogP contribution is 2.58. The van der Waals surface area contributed by atoms with Crippen molar-refractivity contribution in [2.45, 2.75) is 0 Å². The summed E-state index contributed by atoms with van der Waals surface area (Å²) in [5, 5.41) is 26.7. The van der Waals surface area contributed by atoms with E-state index in [1.807, 2.05) is 123 Å². The summed E-state index contributed by atoms with van der Waals surface area (Å²) in [5.41, 5.74) is 24.5. The van der Waals surface area contributed by atoms with Gasteiger partial charge in [0.15, 0.2) is 0 Å². The minimum Gasteiger partial charge on any atom is -0.507 e. The van der Waals surface area contributed by atoms with Gasteiger partial charge in [-0.3, -0.25) is 0 Å². The zero-order valence-corrected chi connectivity index (χ0v) is 30.7. The van der Waals surface area contributed by atoms with Crippen LogP contribution in [0.1, 0.15) is 27.8 Å². The van der Waals surface area contributed by atoms with Gasteiger partial charge in [0.2, 0.25) is 5.71 Å². The Labute approximate surface area is 304 Å². The average molecular weight is 686 g/mol. The molecule has 9 nitrogen and oxygen atoms in total. The maximum Gasteiger partial charge on any atom is 0.270 e. The molecule has 2 aliphatic rings. The van der Waals surface area contributed by atoms with E-state index >= 15 is 0 Å². The van der Waals surface area contributed by atoms with E-state index in [-0.39, 0.29) is 11.5 Å². The van der Waals surface area contributed by atoms with Gasteiger partial charge in [-0.2, -0.15) is 0 Å². The third-order valence-corrected chi connectivity index (χ3v) is 10.1. The summed E-state index contributed by atoms with van der Waals surface area (Å²) in [4.78, 5) is 9.96. The average Bonchev–Trinajstić information content (AvgIpc) is 3.10. The fourth-order valence-corrected chi connectivity index (χ4v) is 8.09. The van der Waals surface area contributed by atoms with E-state index in [1.54, 1.807) is 0 Å². The molecular formula is C43H41N8O+. The molecule has 0 heterocycles. The molecule has 0 atom stereocenters. The molecule has 0 amide bonds. The van der Waals surface area contributed by atoms with E-state index in [0.29, 0.717) is 39.2 Å². The van der Waals surface area contributed by atoms with Gasteiger partial charge in [-0.15, -0.1) is 0 Å². The highest BCUT2D eigenvalue weighted by molar-refractivity contribution is 6.29. The van der Waals surface area contributed by atoms with Gasteiger partial charge in [0.1, 0.15) is 19.9 Å². The minimum absolute atomic E-state index is 0.0242. The zero-order valence-electron chi connectivity index (χ0n) is 30.7. The maximum absolute atomic E-state index is 12.7. The molecule has 0 aliphatic heterocycles. The summed E-state index contributed by atoms with van der Waals surface area (Å²) < 4.78 is 2.10. The Hall–Kier alpha value is -6.71.